The lowest BCUT2D eigenvalue weighted by atomic mass is 9.97. The molecule has 0 fully saturated rings. The summed E-state index contributed by atoms with van der Waals surface area (Å²) < 4.78 is 86.8. The molecule has 1 atom stereocenters. The molecule has 1 aromatic rings. The molecule has 38 heavy (non-hydrogen) atoms. The summed E-state index contributed by atoms with van der Waals surface area (Å²) in [6.07, 6.45) is 8.76. The summed E-state index contributed by atoms with van der Waals surface area (Å²) in [7, 11) is 0. The molecule has 0 aliphatic rings. The maximum absolute atomic E-state index is 14.0. The monoisotopic (exact) mass is 554 g/mol. The van der Waals surface area contributed by atoms with Crippen LogP contribution in [0.25, 0.3) is 0 Å². The number of carbonyl (C=O) groups is 1. The first-order valence-electron chi connectivity index (χ1n) is 13.7. The molecule has 0 aliphatic heterocycles. The Hall–Kier alpha value is -1.98. The van der Waals surface area contributed by atoms with E-state index in [0.717, 1.165) is 38.5 Å². The molecule has 0 saturated heterocycles. The van der Waals surface area contributed by atoms with Gasteiger partial charge in [-0.15, -0.1) is 0 Å². The highest BCUT2D eigenvalue weighted by Crippen LogP contribution is 2.32. The average molecular weight is 555 g/mol. The second-order valence-corrected chi connectivity index (χ2v) is 9.18. The number of urea groups is 1. The van der Waals surface area contributed by atoms with Gasteiger partial charge in [0.1, 0.15) is 5.69 Å². The maximum atomic E-state index is 14.0. The van der Waals surface area contributed by atoms with E-state index in [0.29, 0.717) is 45.5 Å². The fourth-order valence-electron chi connectivity index (χ4n) is 3.87. The molecule has 2 amide bonds. The third kappa shape index (κ3) is 10.3. The van der Waals surface area contributed by atoms with Gasteiger partial charge in [0.15, 0.2) is 23.3 Å². The Kier molecular flexibility index (Phi) is 16.4. The molecule has 11 heteroatoms. The number of amides is 2. The van der Waals surface area contributed by atoms with Crippen LogP contribution >= 0.6 is 0 Å². The van der Waals surface area contributed by atoms with E-state index in [4.69, 9.17) is 14.2 Å². The summed E-state index contributed by atoms with van der Waals surface area (Å²) in [6.45, 7) is 8.84. The highest BCUT2D eigenvalue weighted by molar-refractivity contribution is 5.89. The van der Waals surface area contributed by atoms with Crippen LogP contribution in [0.1, 0.15) is 91.9 Å². The smallest absolute Gasteiger partial charge is 0.319 e. The Labute approximate surface area is 223 Å². The van der Waals surface area contributed by atoms with Crippen LogP contribution < -0.4 is 10.6 Å². The summed E-state index contributed by atoms with van der Waals surface area (Å²) >= 11 is 0. The largest absolute Gasteiger partial charge is 0.337 e. The van der Waals surface area contributed by atoms with E-state index < -0.39 is 52.7 Å². The molecule has 1 unspecified atom stereocenters. The molecule has 0 heterocycles. The predicted molar refractivity (Wildman–Crippen MR) is 136 cm³/mol. The number of hydrogen-bond donors (Lipinski definition) is 2. The molecule has 1 rings (SSSR count). The molecule has 0 saturated carbocycles. The maximum Gasteiger partial charge on any atom is 0.319 e. The number of hydrogen-bond acceptors (Lipinski definition) is 4. The zero-order chi connectivity index (χ0) is 28.6. The normalized spacial score (nSPS) is 12.6. The lowest BCUT2D eigenvalue weighted by Gasteiger charge is -2.40. The van der Waals surface area contributed by atoms with Crippen molar-refractivity contribution < 1.29 is 41.0 Å². The highest BCUT2D eigenvalue weighted by atomic mass is 19.2. The third-order valence-electron chi connectivity index (χ3n) is 5.89. The predicted octanol–water partition coefficient (Wildman–Crippen LogP) is 7.80. The quantitative estimate of drug-likeness (QED) is 0.0567. The number of halogens is 5. The molecule has 0 spiro atoms. The summed E-state index contributed by atoms with van der Waals surface area (Å²) in [5, 5.41) is 4.22. The number of nitrogens with one attached hydrogen (secondary N) is 2. The Balaban J connectivity index is 3.12. The van der Waals surface area contributed by atoms with E-state index in [2.05, 4.69) is 12.2 Å². The van der Waals surface area contributed by atoms with Crippen molar-refractivity contribution in [1.29, 1.82) is 0 Å². The van der Waals surface area contributed by atoms with Crippen molar-refractivity contribution >= 4 is 11.7 Å². The zero-order valence-electron chi connectivity index (χ0n) is 23.0. The standard InChI is InChI=1S/C27H43F5N2O4/c1-5-9-10-11-12-13-14-19(27(36-15-6-2,37-16-7-3)38-17-8-4)18-33-26(35)34-25-23(31)21(29)20(28)22(30)24(25)32/h19H,5-18H2,1-4H3,(H2,33,34,35). The molecule has 0 aromatic heterocycles. The van der Waals surface area contributed by atoms with Gasteiger partial charge in [-0.3, -0.25) is 0 Å². The van der Waals surface area contributed by atoms with Gasteiger partial charge in [-0.05, 0) is 25.7 Å². The van der Waals surface area contributed by atoms with E-state index in [1.807, 2.05) is 20.8 Å². The molecule has 6 nitrogen and oxygen atoms in total. The third-order valence-corrected chi connectivity index (χ3v) is 5.89. The van der Waals surface area contributed by atoms with Crippen molar-refractivity contribution in [2.24, 2.45) is 5.92 Å². The molecular formula is C27H43F5N2O4. The number of rotatable bonds is 20. The van der Waals surface area contributed by atoms with Crippen molar-refractivity contribution in [3.05, 3.63) is 29.1 Å². The Morgan fingerprint density at radius 3 is 1.61 bits per heavy atom. The molecule has 220 valence electrons. The number of unbranched alkanes of at least 4 members (excludes halogenated alkanes) is 5. The van der Waals surface area contributed by atoms with Crippen LogP contribution in [0, 0.1) is 35.0 Å². The van der Waals surface area contributed by atoms with Gasteiger partial charge in [-0.2, -0.15) is 0 Å². The first-order chi connectivity index (χ1) is 18.2. The van der Waals surface area contributed by atoms with Gasteiger partial charge in [0.25, 0.3) is 5.97 Å². The van der Waals surface area contributed by atoms with Crippen molar-refractivity contribution in [2.45, 2.75) is 97.9 Å². The summed E-state index contributed by atoms with van der Waals surface area (Å²) in [5.74, 6) is -12.8. The van der Waals surface area contributed by atoms with Crippen LogP contribution in [0.15, 0.2) is 0 Å². The Morgan fingerprint density at radius 2 is 1.13 bits per heavy atom. The van der Waals surface area contributed by atoms with Crippen LogP contribution in [0.3, 0.4) is 0 Å². The lowest BCUT2D eigenvalue weighted by molar-refractivity contribution is -0.405. The topological polar surface area (TPSA) is 68.8 Å². The van der Waals surface area contributed by atoms with E-state index in [-0.39, 0.29) is 6.54 Å². The lowest BCUT2D eigenvalue weighted by Crippen LogP contribution is -2.51. The van der Waals surface area contributed by atoms with Gasteiger partial charge in [-0.1, -0.05) is 66.2 Å². The van der Waals surface area contributed by atoms with E-state index in [1.165, 1.54) is 0 Å². The molecule has 0 aliphatic carbocycles. The van der Waals surface area contributed by atoms with Gasteiger partial charge in [0.2, 0.25) is 5.82 Å². The number of benzene rings is 1. The van der Waals surface area contributed by atoms with Crippen LogP contribution in [0.4, 0.5) is 32.4 Å². The van der Waals surface area contributed by atoms with Gasteiger partial charge >= 0.3 is 6.03 Å². The van der Waals surface area contributed by atoms with Crippen molar-refractivity contribution in [2.75, 3.05) is 31.7 Å². The van der Waals surface area contributed by atoms with Gasteiger partial charge in [0, 0.05) is 6.54 Å². The zero-order valence-corrected chi connectivity index (χ0v) is 23.0. The average Bonchev–Trinajstić information content (AvgIpc) is 2.92. The van der Waals surface area contributed by atoms with Crippen molar-refractivity contribution in [3.8, 4) is 0 Å². The number of anilines is 1. The fraction of sp³-hybridized carbons (Fsp3) is 0.741. The first kappa shape index (κ1) is 34.0. The second kappa shape index (κ2) is 18.3. The highest BCUT2D eigenvalue weighted by Gasteiger charge is 2.42. The van der Waals surface area contributed by atoms with E-state index >= 15 is 0 Å². The molecule has 0 radical (unpaired) electrons. The molecule has 1 aromatic carbocycles. The molecule has 0 bridgehead atoms. The molecular weight excluding hydrogens is 511 g/mol. The van der Waals surface area contributed by atoms with Gasteiger partial charge in [-0.25, -0.2) is 26.7 Å². The minimum absolute atomic E-state index is 0.0899. The Bertz CT molecular complexity index is 793. The van der Waals surface area contributed by atoms with Gasteiger partial charge in [0.05, 0.1) is 25.7 Å². The molecule has 2 N–H and O–H groups in total. The summed E-state index contributed by atoms with van der Waals surface area (Å²) in [6, 6.07) is -1.14. The SMILES string of the molecule is CCCCCCCCC(CNC(=O)Nc1c(F)c(F)c(F)c(F)c1F)C(OCCC)(OCCC)OCCC. The second-order valence-electron chi connectivity index (χ2n) is 9.18. The first-order valence-corrected chi connectivity index (χ1v) is 13.7. The van der Waals surface area contributed by atoms with Crippen LogP contribution in [0.2, 0.25) is 0 Å². The van der Waals surface area contributed by atoms with Crippen molar-refractivity contribution in [1.82, 2.24) is 5.32 Å². The van der Waals surface area contributed by atoms with Gasteiger partial charge < -0.3 is 24.8 Å². The van der Waals surface area contributed by atoms with Crippen molar-refractivity contribution in [3.63, 3.8) is 0 Å². The van der Waals surface area contributed by atoms with Crippen LogP contribution in [-0.2, 0) is 14.2 Å². The van der Waals surface area contributed by atoms with Crippen LogP contribution in [-0.4, -0.2) is 38.4 Å². The van der Waals surface area contributed by atoms with Crippen LogP contribution in [0.5, 0.6) is 0 Å². The number of ether oxygens (including phenoxy) is 3. The summed E-state index contributed by atoms with van der Waals surface area (Å²) in [4.78, 5) is 12.5. The Morgan fingerprint density at radius 1 is 0.684 bits per heavy atom. The summed E-state index contributed by atoms with van der Waals surface area (Å²) in [5.41, 5.74) is -1.43. The fourth-order valence-corrected chi connectivity index (χ4v) is 3.87. The van der Waals surface area contributed by atoms with E-state index in [1.54, 1.807) is 5.32 Å². The minimum atomic E-state index is -2.30. The number of carbonyl (C=O) groups excluding carboxylic acids is 1. The minimum Gasteiger partial charge on any atom is -0.337 e. The van der Waals surface area contributed by atoms with E-state index in [9.17, 15) is 26.7 Å².